The van der Waals surface area contributed by atoms with E-state index in [1.54, 1.807) is 18.3 Å². The Hall–Kier alpha value is -2.43. The molecule has 2 aromatic rings. The Morgan fingerprint density at radius 3 is 2.47 bits per heavy atom. The number of aromatic nitrogens is 1. The molecule has 5 nitrogen and oxygen atoms in total. The van der Waals surface area contributed by atoms with Crippen LogP contribution in [0.1, 0.15) is 0 Å². The average Bonchev–Trinajstić information content (AvgIpc) is 2.40. The summed E-state index contributed by atoms with van der Waals surface area (Å²) < 4.78 is 0. The maximum Gasteiger partial charge on any atom is 0.159 e. The monoisotopic (exact) mass is 228 g/mol. The van der Waals surface area contributed by atoms with Crippen molar-refractivity contribution in [1.29, 1.82) is 0 Å². The summed E-state index contributed by atoms with van der Waals surface area (Å²) in [6, 6.07) is 10.9. The van der Waals surface area contributed by atoms with Crippen molar-refractivity contribution in [1.82, 2.24) is 4.98 Å². The molecule has 0 bridgehead atoms. The molecule has 0 saturated carbocycles. The van der Waals surface area contributed by atoms with Gasteiger partial charge in [-0.2, -0.15) is 0 Å². The fourth-order valence-corrected chi connectivity index (χ4v) is 1.42. The fraction of sp³-hybridized carbons (Fsp3) is 0.0833. The Morgan fingerprint density at radius 2 is 1.82 bits per heavy atom. The number of anilines is 3. The SMILES string of the molecule is CNc1ccc(Nc2ncccc2N=O)cc1. The zero-order valence-corrected chi connectivity index (χ0v) is 9.34. The first kappa shape index (κ1) is 11.1. The third kappa shape index (κ3) is 2.57. The fourth-order valence-electron chi connectivity index (χ4n) is 1.42. The molecular formula is C12H12N4O. The highest BCUT2D eigenvalue weighted by atomic mass is 16.3. The second-order valence-electron chi connectivity index (χ2n) is 3.41. The molecule has 17 heavy (non-hydrogen) atoms. The molecule has 0 radical (unpaired) electrons. The van der Waals surface area contributed by atoms with Gasteiger partial charge < -0.3 is 10.6 Å². The summed E-state index contributed by atoms with van der Waals surface area (Å²) in [4.78, 5) is 14.6. The number of nitrogens with one attached hydrogen (secondary N) is 2. The minimum Gasteiger partial charge on any atom is -0.388 e. The molecule has 0 atom stereocenters. The van der Waals surface area contributed by atoms with Crippen molar-refractivity contribution in [3.63, 3.8) is 0 Å². The first-order chi connectivity index (χ1) is 8.33. The van der Waals surface area contributed by atoms with Gasteiger partial charge in [-0.05, 0) is 41.6 Å². The van der Waals surface area contributed by atoms with Crippen LogP contribution in [0.25, 0.3) is 0 Å². The predicted octanol–water partition coefficient (Wildman–Crippen LogP) is 3.26. The Labute approximate surface area is 98.9 Å². The minimum atomic E-state index is 0.296. The first-order valence-corrected chi connectivity index (χ1v) is 5.16. The number of nitroso groups, excluding NO2 is 1. The number of hydrogen-bond acceptors (Lipinski definition) is 5. The number of rotatable bonds is 4. The Bertz CT molecular complexity index is 510. The lowest BCUT2D eigenvalue weighted by molar-refractivity contribution is 1.28. The standard InChI is InChI=1S/C12H12N4O/c1-13-9-4-6-10(7-5-9)15-12-11(16-17)3-2-8-14-12/h2-8,13H,1H3,(H,14,15). The maximum atomic E-state index is 10.6. The van der Waals surface area contributed by atoms with E-state index in [0.717, 1.165) is 11.4 Å². The van der Waals surface area contributed by atoms with Crippen molar-refractivity contribution in [2.45, 2.75) is 0 Å². The van der Waals surface area contributed by atoms with Crippen molar-refractivity contribution >= 4 is 22.9 Å². The van der Waals surface area contributed by atoms with Gasteiger partial charge in [0.1, 0.15) is 0 Å². The molecule has 0 unspecified atom stereocenters. The van der Waals surface area contributed by atoms with Crippen LogP contribution in [0.2, 0.25) is 0 Å². The van der Waals surface area contributed by atoms with Gasteiger partial charge in [0.15, 0.2) is 11.5 Å². The lowest BCUT2D eigenvalue weighted by atomic mass is 10.2. The second kappa shape index (κ2) is 5.07. The van der Waals surface area contributed by atoms with Gasteiger partial charge >= 0.3 is 0 Å². The maximum absolute atomic E-state index is 10.6. The van der Waals surface area contributed by atoms with E-state index < -0.39 is 0 Å². The van der Waals surface area contributed by atoms with Crippen molar-refractivity contribution in [2.24, 2.45) is 5.18 Å². The smallest absolute Gasteiger partial charge is 0.159 e. The van der Waals surface area contributed by atoms with Gasteiger partial charge in [0, 0.05) is 24.6 Å². The summed E-state index contributed by atoms with van der Waals surface area (Å²) in [5.41, 5.74) is 2.17. The van der Waals surface area contributed by atoms with E-state index in [9.17, 15) is 4.91 Å². The van der Waals surface area contributed by atoms with Crippen LogP contribution in [-0.2, 0) is 0 Å². The third-order valence-corrected chi connectivity index (χ3v) is 2.32. The summed E-state index contributed by atoms with van der Waals surface area (Å²) in [6.45, 7) is 0. The molecule has 2 N–H and O–H groups in total. The third-order valence-electron chi connectivity index (χ3n) is 2.32. The summed E-state index contributed by atoms with van der Waals surface area (Å²) in [7, 11) is 1.86. The van der Waals surface area contributed by atoms with Gasteiger partial charge in [-0.3, -0.25) is 0 Å². The molecule has 0 saturated heterocycles. The van der Waals surface area contributed by atoms with Crippen molar-refractivity contribution in [2.75, 3.05) is 17.7 Å². The molecule has 1 aromatic heterocycles. The molecule has 1 aromatic carbocycles. The van der Waals surface area contributed by atoms with Crippen LogP contribution in [0.15, 0.2) is 47.8 Å². The van der Waals surface area contributed by atoms with Gasteiger partial charge in [0.2, 0.25) is 0 Å². The molecule has 0 aliphatic carbocycles. The second-order valence-corrected chi connectivity index (χ2v) is 3.41. The Kier molecular flexibility index (Phi) is 3.30. The van der Waals surface area contributed by atoms with Crippen LogP contribution in [0, 0.1) is 4.91 Å². The van der Waals surface area contributed by atoms with Gasteiger partial charge in [-0.1, -0.05) is 0 Å². The highest BCUT2D eigenvalue weighted by Crippen LogP contribution is 2.25. The van der Waals surface area contributed by atoms with E-state index in [4.69, 9.17) is 0 Å². The van der Waals surface area contributed by atoms with Crippen LogP contribution in [0.4, 0.5) is 22.9 Å². The molecule has 0 aliphatic rings. The quantitative estimate of drug-likeness (QED) is 0.788. The predicted molar refractivity (Wildman–Crippen MR) is 69.0 cm³/mol. The lowest BCUT2D eigenvalue weighted by Gasteiger charge is -2.07. The van der Waals surface area contributed by atoms with Gasteiger partial charge in [0.25, 0.3) is 0 Å². The van der Waals surface area contributed by atoms with E-state index in [1.165, 1.54) is 0 Å². The average molecular weight is 228 g/mol. The summed E-state index contributed by atoms with van der Waals surface area (Å²) in [5.74, 6) is 0.458. The number of benzene rings is 1. The van der Waals surface area contributed by atoms with E-state index >= 15 is 0 Å². The highest BCUT2D eigenvalue weighted by Gasteiger charge is 2.03. The summed E-state index contributed by atoms with van der Waals surface area (Å²) in [6.07, 6.45) is 1.61. The van der Waals surface area contributed by atoms with Crippen LogP contribution in [-0.4, -0.2) is 12.0 Å². The first-order valence-electron chi connectivity index (χ1n) is 5.16. The van der Waals surface area contributed by atoms with E-state index in [2.05, 4.69) is 20.8 Å². The van der Waals surface area contributed by atoms with Gasteiger partial charge in [-0.15, -0.1) is 4.91 Å². The molecule has 86 valence electrons. The zero-order valence-electron chi connectivity index (χ0n) is 9.34. The van der Waals surface area contributed by atoms with Crippen LogP contribution in [0.3, 0.4) is 0 Å². The van der Waals surface area contributed by atoms with Crippen LogP contribution >= 0.6 is 0 Å². The molecule has 0 aliphatic heterocycles. The van der Waals surface area contributed by atoms with E-state index in [1.807, 2.05) is 31.3 Å². The Morgan fingerprint density at radius 1 is 1.12 bits per heavy atom. The molecule has 2 rings (SSSR count). The molecular weight excluding hydrogens is 216 g/mol. The number of hydrogen-bond donors (Lipinski definition) is 2. The van der Waals surface area contributed by atoms with Crippen molar-refractivity contribution in [3.05, 3.63) is 47.5 Å². The Balaban J connectivity index is 2.22. The molecule has 0 spiro atoms. The molecule has 5 heteroatoms. The van der Waals surface area contributed by atoms with Crippen LogP contribution < -0.4 is 10.6 Å². The van der Waals surface area contributed by atoms with E-state index in [-0.39, 0.29) is 0 Å². The number of nitrogens with zero attached hydrogens (tertiary/aromatic N) is 2. The normalized spacial score (nSPS) is 9.71. The minimum absolute atomic E-state index is 0.296. The number of pyridine rings is 1. The molecule has 0 amide bonds. The van der Waals surface area contributed by atoms with Crippen LogP contribution in [0.5, 0.6) is 0 Å². The lowest BCUT2D eigenvalue weighted by Crippen LogP contribution is -1.94. The highest BCUT2D eigenvalue weighted by molar-refractivity contribution is 5.68. The molecule has 1 heterocycles. The zero-order chi connectivity index (χ0) is 12.1. The van der Waals surface area contributed by atoms with Crippen molar-refractivity contribution in [3.8, 4) is 0 Å². The van der Waals surface area contributed by atoms with E-state index in [0.29, 0.717) is 11.5 Å². The molecule has 0 fully saturated rings. The summed E-state index contributed by atoms with van der Waals surface area (Å²) in [5, 5.41) is 8.98. The van der Waals surface area contributed by atoms with Gasteiger partial charge in [0.05, 0.1) is 0 Å². The van der Waals surface area contributed by atoms with Crippen molar-refractivity contribution < 1.29 is 0 Å². The topological polar surface area (TPSA) is 66.4 Å². The summed E-state index contributed by atoms with van der Waals surface area (Å²) >= 11 is 0. The largest absolute Gasteiger partial charge is 0.388 e. The van der Waals surface area contributed by atoms with Gasteiger partial charge in [-0.25, -0.2) is 4.98 Å².